The third-order valence-corrected chi connectivity index (χ3v) is 4.05. The molecule has 0 saturated carbocycles. The van der Waals surface area contributed by atoms with Crippen LogP contribution in [0, 0.1) is 13.8 Å². The standard InChI is InChI=1S/C11H10BrN3O2S/c1-5-7(6(2)15-14-5)3-4-8-13-9(11(16)17)10(12)18-8/h3-4H,1-2H3,(H,14,15)(H,16,17)/b4-3+. The Hall–Kier alpha value is -1.47. The predicted octanol–water partition coefficient (Wildman–Crippen LogP) is 3.11. The molecule has 0 aliphatic carbocycles. The number of halogens is 1. The van der Waals surface area contributed by atoms with Crippen molar-refractivity contribution in [2.75, 3.05) is 0 Å². The number of aromatic carboxylic acids is 1. The Labute approximate surface area is 116 Å². The monoisotopic (exact) mass is 327 g/mol. The van der Waals surface area contributed by atoms with Crippen molar-refractivity contribution in [3.05, 3.63) is 31.4 Å². The molecule has 5 nitrogen and oxygen atoms in total. The minimum atomic E-state index is -1.03. The zero-order valence-electron chi connectivity index (χ0n) is 9.69. The van der Waals surface area contributed by atoms with E-state index in [0.717, 1.165) is 17.0 Å². The Kier molecular flexibility index (Phi) is 3.63. The number of carbonyl (C=O) groups is 1. The fourth-order valence-corrected chi connectivity index (χ4v) is 2.92. The van der Waals surface area contributed by atoms with Gasteiger partial charge in [-0.25, -0.2) is 9.78 Å². The Morgan fingerprint density at radius 2 is 2.17 bits per heavy atom. The van der Waals surface area contributed by atoms with Gasteiger partial charge in [-0.3, -0.25) is 5.10 Å². The number of hydrogen-bond acceptors (Lipinski definition) is 4. The minimum absolute atomic E-state index is 0.0419. The fourth-order valence-electron chi connectivity index (χ4n) is 1.48. The Morgan fingerprint density at radius 1 is 1.44 bits per heavy atom. The molecule has 2 heterocycles. The molecule has 0 aliphatic heterocycles. The van der Waals surface area contributed by atoms with Crippen molar-refractivity contribution >= 4 is 45.4 Å². The second kappa shape index (κ2) is 5.03. The summed E-state index contributed by atoms with van der Waals surface area (Å²) < 4.78 is 0.523. The van der Waals surface area contributed by atoms with Crippen molar-refractivity contribution in [1.82, 2.24) is 15.2 Å². The summed E-state index contributed by atoms with van der Waals surface area (Å²) in [6, 6.07) is 0. The number of hydrogen-bond donors (Lipinski definition) is 2. The molecule has 2 N–H and O–H groups in total. The highest BCUT2D eigenvalue weighted by molar-refractivity contribution is 9.11. The topological polar surface area (TPSA) is 78.9 Å². The highest BCUT2D eigenvalue weighted by Crippen LogP contribution is 2.26. The molecule has 18 heavy (non-hydrogen) atoms. The number of carboxylic acid groups (broad SMARTS) is 1. The number of aromatic amines is 1. The third-order valence-electron chi connectivity index (χ3n) is 2.38. The summed E-state index contributed by atoms with van der Waals surface area (Å²) in [5, 5.41) is 16.5. The SMILES string of the molecule is Cc1n[nH]c(C)c1/C=C/c1nc(C(=O)O)c(Br)s1. The van der Waals surface area contributed by atoms with E-state index in [0.29, 0.717) is 8.79 Å². The summed E-state index contributed by atoms with van der Waals surface area (Å²) in [5.41, 5.74) is 2.91. The molecule has 94 valence electrons. The van der Waals surface area contributed by atoms with E-state index in [9.17, 15) is 4.79 Å². The van der Waals surface area contributed by atoms with E-state index in [4.69, 9.17) is 5.11 Å². The summed E-state index contributed by atoms with van der Waals surface area (Å²) in [6.07, 6.45) is 3.66. The first kappa shape index (κ1) is 13.0. The van der Waals surface area contributed by atoms with E-state index in [1.165, 1.54) is 11.3 Å². The molecule has 0 bridgehead atoms. The second-order valence-electron chi connectivity index (χ2n) is 3.66. The number of aryl methyl sites for hydroxylation is 2. The van der Waals surface area contributed by atoms with Gasteiger partial charge in [0.15, 0.2) is 5.69 Å². The number of carboxylic acids is 1. The van der Waals surface area contributed by atoms with Crippen molar-refractivity contribution in [3.8, 4) is 0 Å². The van der Waals surface area contributed by atoms with Crippen molar-refractivity contribution in [3.63, 3.8) is 0 Å². The molecule has 0 atom stereocenters. The second-order valence-corrected chi connectivity index (χ2v) is 6.01. The molecule has 0 amide bonds. The zero-order valence-corrected chi connectivity index (χ0v) is 12.1. The van der Waals surface area contributed by atoms with Crippen molar-refractivity contribution in [2.24, 2.45) is 0 Å². The number of H-pyrrole nitrogens is 1. The summed E-state index contributed by atoms with van der Waals surface area (Å²) in [7, 11) is 0. The van der Waals surface area contributed by atoms with Crippen molar-refractivity contribution in [2.45, 2.75) is 13.8 Å². The summed E-state index contributed by atoms with van der Waals surface area (Å²) in [6.45, 7) is 3.84. The van der Waals surface area contributed by atoms with Crippen LogP contribution in [0.5, 0.6) is 0 Å². The molecule has 0 radical (unpaired) electrons. The first-order valence-electron chi connectivity index (χ1n) is 5.08. The van der Waals surface area contributed by atoms with Gasteiger partial charge in [0, 0.05) is 11.3 Å². The molecule has 0 saturated heterocycles. The summed E-state index contributed by atoms with van der Waals surface area (Å²) in [5.74, 6) is -1.03. The van der Waals surface area contributed by atoms with Gasteiger partial charge in [-0.2, -0.15) is 5.10 Å². The van der Waals surface area contributed by atoms with E-state index in [1.807, 2.05) is 19.9 Å². The average molecular weight is 328 g/mol. The van der Waals surface area contributed by atoms with Gasteiger partial charge in [0.25, 0.3) is 0 Å². The molecule has 0 aliphatic rings. The van der Waals surface area contributed by atoms with Gasteiger partial charge in [0.05, 0.1) is 5.69 Å². The lowest BCUT2D eigenvalue weighted by atomic mass is 10.2. The van der Waals surface area contributed by atoms with E-state index >= 15 is 0 Å². The number of rotatable bonds is 3. The largest absolute Gasteiger partial charge is 0.476 e. The van der Waals surface area contributed by atoms with Crippen LogP contribution < -0.4 is 0 Å². The van der Waals surface area contributed by atoms with Crippen LogP contribution in [0.25, 0.3) is 12.2 Å². The maximum atomic E-state index is 10.9. The van der Waals surface area contributed by atoms with Gasteiger partial charge < -0.3 is 5.11 Å². The van der Waals surface area contributed by atoms with Crippen LogP contribution in [0.1, 0.15) is 32.4 Å². The lowest BCUT2D eigenvalue weighted by Gasteiger charge is -1.90. The number of aromatic nitrogens is 3. The van der Waals surface area contributed by atoms with Gasteiger partial charge in [0.2, 0.25) is 0 Å². The van der Waals surface area contributed by atoms with Crippen LogP contribution in [0.4, 0.5) is 0 Å². The molecule has 0 unspecified atom stereocenters. The van der Waals surface area contributed by atoms with Crippen LogP contribution >= 0.6 is 27.3 Å². The smallest absolute Gasteiger partial charge is 0.356 e. The molecule has 2 rings (SSSR count). The lowest BCUT2D eigenvalue weighted by molar-refractivity contribution is 0.0690. The Morgan fingerprint density at radius 3 is 2.67 bits per heavy atom. The van der Waals surface area contributed by atoms with Crippen LogP contribution in [0.3, 0.4) is 0 Å². The molecule has 0 fully saturated rings. The van der Waals surface area contributed by atoms with E-state index in [1.54, 1.807) is 6.08 Å². The third kappa shape index (κ3) is 2.51. The van der Waals surface area contributed by atoms with Crippen molar-refractivity contribution < 1.29 is 9.90 Å². The van der Waals surface area contributed by atoms with Gasteiger partial charge in [0.1, 0.15) is 8.79 Å². The highest BCUT2D eigenvalue weighted by atomic mass is 79.9. The number of thiazole rings is 1. The molecular formula is C11H10BrN3O2S. The molecule has 2 aromatic rings. The Balaban J connectivity index is 2.30. The molecule has 0 spiro atoms. The van der Waals surface area contributed by atoms with E-state index < -0.39 is 5.97 Å². The normalized spacial score (nSPS) is 11.3. The molecular weight excluding hydrogens is 318 g/mol. The summed E-state index contributed by atoms with van der Waals surface area (Å²) in [4.78, 5) is 14.9. The van der Waals surface area contributed by atoms with Gasteiger partial charge in [-0.1, -0.05) is 0 Å². The minimum Gasteiger partial charge on any atom is -0.476 e. The quantitative estimate of drug-likeness (QED) is 0.907. The first-order valence-corrected chi connectivity index (χ1v) is 6.69. The highest BCUT2D eigenvalue weighted by Gasteiger charge is 2.14. The number of nitrogens with zero attached hydrogens (tertiary/aromatic N) is 2. The van der Waals surface area contributed by atoms with Crippen LogP contribution in [0.15, 0.2) is 3.79 Å². The van der Waals surface area contributed by atoms with E-state index in [2.05, 4.69) is 31.1 Å². The van der Waals surface area contributed by atoms with Gasteiger partial charge in [-0.05, 0) is 41.9 Å². The van der Waals surface area contributed by atoms with Gasteiger partial charge >= 0.3 is 5.97 Å². The fraction of sp³-hybridized carbons (Fsp3) is 0.182. The maximum Gasteiger partial charge on any atom is 0.356 e. The van der Waals surface area contributed by atoms with E-state index in [-0.39, 0.29) is 5.69 Å². The molecule has 2 aromatic heterocycles. The lowest BCUT2D eigenvalue weighted by Crippen LogP contribution is -1.96. The first-order chi connectivity index (χ1) is 8.49. The van der Waals surface area contributed by atoms with Crippen LogP contribution in [-0.2, 0) is 0 Å². The van der Waals surface area contributed by atoms with Crippen LogP contribution in [-0.4, -0.2) is 26.3 Å². The average Bonchev–Trinajstić information content (AvgIpc) is 2.81. The van der Waals surface area contributed by atoms with Crippen molar-refractivity contribution in [1.29, 1.82) is 0 Å². The Bertz CT molecular complexity index is 611. The molecule has 0 aromatic carbocycles. The number of nitrogens with one attached hydrogen (secondary N) is 1. The predicted molar refractivity (Wildman–Crippen MR) is 73.8 cm³/mol. The zero-order chi connectivity index (χ0) is 13.3. The van der Waals surface area contributed by atoms with Gasteiger partial charge in [-0.15, -0.1) is 11.3 Å². The van der Waals surface area contributed by atoms with Crippen LogP contribution in [0.2, 0.25) is 0 Å². The molecule has 7 heteroatoms. The maximum absolute atomic E-state index is 10.9. The summed E-state index contributed by atoms with van der Waals surface area (Å²) >= 11 is 4.47.